The van der Waals surface area contributed by atoms with E-state index in [2.05, 4.69) is 17.4 Å². The van der Waals surface area contributed by atoms with E-state index >= 15 is 0 Å². The molecule has 32 heavy (non-hydrogen) atoms. The molecule has 1 aliphatic rings. The predicted octanol–water partition coefficient (Wildman–Crippen LogP) is 3.71. The number of nitrogens with one attached hydrogen (secondary N) is 1. The summed E-state index contributed by atoms with van der Waals surface area (Å²) in [6.07, 6.45) is 3.83. The summed E-state index contributed by atoms with van der Waals surface area (Å²) in [6.45, 7) is 1.89. The molecule has 0 unspecified atom stereocenters. The monoisotopic (exact) mass is 429 g/mol. The molecule has 1 fully saturated rings. The first-order valence-corrected chi connectivity index (χ1v) is 11.2. The molecule has 3 heterocycles. The Bertz CT molecular complexity index is 1250. The van der Waals surface area contributed by atoms with Gasteiger partial charge in [0.15, 0.2) is 5.65 Å². The fraction of sp³-hybridized carbons (Fsp3) is 0.320. The lowest BCUT2D eigenvalue weighted by Gasteiger charge is -2.13. The third-order valence-electron chi connectivity index (χ3n) is 6.00. The number of nitrogens with zero attached hydrogens (tertiary/aromatic N) is 3. The van der Waals surface area contributed by atoms with Crippen molar-refractivity contribution in [3.8, 4) is 0 Å². The van der Waals surface area contributed by atoms with Crippen LogP contribution in [-0.4, -0.2) is 39.7 Å². The zero-order valence-corrected chi connectivity index (χ0v) is 18.0. The van der Waals surface area contributed by atoms with Crippen LogP contribution in [-0.2, 0) is 17.7 Å². The van der Waals surface area contributed by atoms with Crippen molar-refractivity contribution in [1.82, 2.24) is 19.9 Å². The van der Waals surface area contributed by atoms with Gasteiger partial charge < -0.3 is 20.4 Å². The first kappa shape index (κ1) is 20.5. The second-order valence-corrected chi connectivity index (χ2v) is 8.24. The van der Waals surface area contributed by atoms with Crippen LogP contribution in [0.5, 0.6) is 0 Å². The van der Waals surface area contributed by atoms with Crippen LogP contribution in [0.3, 0.4) is 0 Å². The number of hydrogen-bond donors (Lipinski definition) is 2. The Balaban J connectivity index is 1.43. The highest BCUT2D eigenvalue weighted by molar-refractivity contribution is 6.10. The average Bonchev–Trinajstić information content (AvgIpc) is 3.42. The van der Waals surface area contributed by atoms with Crippen LogP contribution in [0.25, 0.3) is 22.2 Å². The maximum atomic E-state index is 13.2. The van der Waals surface area contributed by atoms with Gasteiger partial charge in [-0.25, -0.2) is 9.97 Å². The molecule has 7 heteroatoms. The van der Waals surface area contributed by atoms with Gasteiger partial charge in [0.05, 0.1) is 23.7 Å². The summed E-state index contributed by atoms with van der Waals surface area (Å²) < 4.78 is 7.71. The molecule has 1 aliphatic heterocycles. The number of para-hydroxylation sites is 2. The molecule has 7 nitrogen and oxygen atoms in total. The third kappa shape index (κ3) is 4.03. The molecule has 0 aliphatic carbocycles. The van der Waals surface area contributed by atoms with Crippen molar-refractivity contribution in [2.45, 2.75) is 38.3 Å². The highest BCUT2D eigenvalue weighted by atomic mass is 16.5. The van der Waals surface area contributed by atoms with E-state index in [-0.39, 0.29) is 12.0 Å². The number of anilines is 1. The van der Waals surface area contributed by atoms with Gasteiger partial charge in [0.1, 0.15) is 16.9 Å². The Morgan fingerprint density at radius 3 is 2.59 bits per heavy atom. The first-order chi connectivity index (χ1) is 15.7. The summed E-state index contributed by atoms with van der Waals surface area (Å²) in [7, 11) is 0. The van der Waals surface area contributed by atoms with Gasteiger partial charge in [-0.1, -0.05) is 42.5 Å². The van der Waals surface area contributed by atoms with Crippen LogP contribution in [0, 0.1) is 0 Å². The van der Waals surface area contributed by atoms with Crippen molar-refractivity contribution in [3.05, 3.63) is 65.7 Å². The molecule has 5 rings (SSSR count). The maximum absolute atomic E-state index is 13.2. The molecule has 0 spiro atoms. The van der Waals surface area contributed by atoms with Crippen molar-refractivity contribution in [1.29, 1.82) is 0 Å². The number of carbonyl (C=O) groups excluding carboxylic acids is 1. The lowest BCUT2D eigenvalue weighted by atomic mass is 10.1. The van der Waals surface area contributed by atoms with E-state index in [9.17, 15) is 4.79 Å². The fourth-order valence-corrected chi connectivity index (χ4v) is 4.35. The first-order valence-electron chi connectivity index (χ1n) is 11.2. The highest BCUT2D eigenvalue weighted by Crippen LogP contribution is 2.29. The Kier molecular flexibility index (Phi) is 5.73. The van der Waals surface area contributed by atoms with Crippen LogP contribution in [0.4, 0.5) is 5.82 Å². The van der Waals surface area contributed by atoms with Gasteiger partial charge in [-0.2, -0.15) is 0 Å². The summed E-state index contributed by atoms with van der Waals surface area (Å²) in [5, 5.41) is 3.03. The van der Waals surface area contributed by atoms with Crippen molar-refractivity contribution >= 4 is 33.9 Å². The van der Waals surface area contributed by atoms with Gasteiger partial charge in [0.25, 0.3) is 5.91 Å². The number of carbonyl (C=O) groups is 1. The van der Waals surface area contributed by atoms with Crippen molar-refractivity contribution in [3.63, 3.8) is 0 Å². The summed E-state index contributed by atoms with van der Waals surface area (Å²) in [6, 6.07) is 17.9. The lowest BCUT2D eigenvalue weighted by molar-refractivity contribution is 0.0949. The third-order valence-corrected chi connectivity index (χ3v) is 6.00. The van der Waals surface area contributed by atoms with E-state index in [1.165, 1.54) is 5.56 Å². The number of hydrogen-bond acceptors (Lipinski definition) is 5. The number of aryl methyl sites for hydroxylation is 1. The Hall–Kier alpha value is -3.45. The van der Waals surface area contributed by atoms with Crippen molar-refractivity contribution in [2.24, 2.45) is 0 Å². The van der Waals surface area contributed by atoms with Gasteiger partial charge in [-0.05, 0) is 43.4 Å². The number of ether oxygens (including phenoxy) is 1. The number of nitrogen functional groups attached to an aromatic ring is 1. The van der Waals surface area contributed by atoms with Crippen molar-refractivity contribution < 1.29 is 9.53 Å². The number of fused-ring (bicyclic) bond motifs is 2. The minimum atomic E-state index is -0.212. The largest absolute Gasteiger partial charge is 0.384 e. The van der Waals surface area contributed by atoms with Crippen LogP contribution < -0.4 is 11.1 Å². The van der Waals surface area contributed by atoms with Crippen LogP contribution in [0.15, 0.2) is 54.6 Å². The Morgan fingerprint density at radius 1 is 1.09 bits per heavy atom. The molecule has 1 amide bonds. The smallest absolute Gasteiger partial charge is 0.257 e. The minimum Gasteiger partial charge on any atom is -0.384 e. The number of aromatic nitrogens is 3. The normalized spacial score (nSPS) is 16.1. The molecule has 164 valence electrons. The number of rotatable bonds is 7. The quantitative estimate of drug-likeness (QED) is 0.437. The number of benzene rings is 2. The Morgan fingerprint density at radius 2 is 1.84 bits per heavy atom. The van der Waals surface area contributed by atoms with Crippen molar-refractivity contribution in [2.75, 3.05) is 18.9 Å². The molecule has 4 aromatic rings. The van der Waals surface area contributed by atoms with Crippen LogP contribution in [0.2, 0.25) is 0 Å². The number of amides is 1. The molecular formula is C25H27N5O2. The summed E-state index contributed by atoms with van der Waals surface area (Å²) in [5.41, 5.74) is 10.9. The molecule has 2 aromatic carbocycles. The summed E-state index contributed by atoms with van der Waals surface area (Å²) >= 11 is 0. The van der Waals surface area contributed by atoms with Crippen LogP contribution in [0.1, 0.15) is 35.2 Å². The molecule has 1 atom stereocenters. The van der Waals surface area contributed by atoms with Gasteiger partial charge in [-0.15, -0.1) is 0 Å². The standard InChI is InChI=1S/C25H27N5O2/c26-23-21(25(31)27-14-6-10-17-8-2-1-3-9-17)22-24(30(23)16-18-11-7-15-32-18)29-20-13-5-4-12-19(20)28-22/h1-5,8-9,12-13,18H,6-7,10-11,14-16,26H2,(H,27,31)/t18-/m0/s1. The summed E-state index contributed by atoms with van der Waals surface area (Å²) in [4.78, 5) is 22.7. The molecule has 1 saturated heterocycles. The average molecular weight is 430 g/mol. The minimum absolute atomic E-state index is 0.0722. The SMILES string of the molecule is Nc1c(C(=O)NCCCc2ccccc2)c2nc3ccccc3nc2n1C[C@@H]1CCCO1. The van der Waals surface area contributed by atoms with E-state index in [1.54, 1.807) is 0 Å². The Labute approximate surface area is 186 Å². The molecule has 0 radical (unpaired) electrons. The molecule has 2 aromatic heterocycles. The van der Waals surface area contributed by atoms with Gasteiger partial charge in [0, 0.05) is 13.2 Å². The van der Waals surface area contributed by atoms with E-state index in [0.717, 1.165) is 43.3 Å². The summed E-state index contributed by atoms with van der Waals surface area (Å²) in [5.74, 6) is 0.183. The zero-order chi connectivity index (χ0) is 21.9. The predicted molar refractivity (Wildman–Crippen MR) is 126 cm³/mol. The molecule has 3 N–H and O–H groups in total. The second-order valence-electron chi connectivity index (χ2n) is 8.24. The van der Waals surface area contributed by atoms with Gasteiger partial charge in [-0.3, -0.25) is 4.79 Å². The lowest BCUT2D eigenvalue weighted by Crippen LogP contribution is -2.26. The van der Waals surface area contributed by atoms with E-state index in [0.29, 0.717) is 35.6 Å². The molecule has 0 saturated carbocycles. The van der Waals surface area contributed by atoms with Crippen LogP contribution >= 0.6 is 0 Å². The zero-order valence-electron chi connectivity index (χ0n) is 18.0. The number of nitrogens with two attached hydrogens (primary N) is 1. The van der Waals surface area contributed by atoms with Gasteiger partial charge in [0.2, 0.25) is 0 Å². The van der Waals surface area contributed by atoms with E-state index in [1.807, 2.05) is 47.0 Å². The molecule has 0 bridgehead atoms. The maximum Gasteiger partial charge on any atom is 0.257 e. The molecular weight excluding hydrogens is 402 g/mol. The fourth-order valence-electron chi connectivity index (χ4n) is 4.35. The van der Waals surface area contributed by atoms with E-state index < -0.39 is 0 Å². The van der Waals surface area contributed by atoms with Gasteiger partial charge >= 0.3 is 0 Å². The second kappa shape index (κ2) is 8.96. The van der Waals surface area contributed by atoms with E-state index in [4.69, 9.17) is 20.4 Å². The topological polar surface area (TPSA) is 95.1 Å². The highest BCUT2D eigenvalue weighted by Gasteiger charge is 2.26.